The fourth-order valence-corrected chi connectivity index (χ4v) is 3.74. The third-order valence-corrected chi connectivity index (χ3v) is 4.75. The summed E-state index contributed by atoms with van der Waals surface area (Å²) in [4.78, 5) is 17.5. The number of hydrogen-bond acceptors (Lipinski definition) is 3. The average molecular weight is 406 g/mol. The van der Waals surface area contributed by atoms with Gasteiger partial charge in [-0.1, -0.05) is 0 Å². The Balaban J connectivity index is 1.90. The normalized spacial score (nSPS) is 20.0. The highest BCUT2D eigenvalue weighted by Gasteiger charge is 2.21. The molecule has 1 unspecified atom stereocenters. The molecule has 1 saturated heterocycles. The molecule has 20 heavy (non-hydrogen) atoms. The zero-order chi connectivity index (χ0) is 14.5. The third-order valence-electron chi connectivity index (χ3n) is 3.63. The summed E-state index contributed by atoms with van der Waals surface area (Å²) in [5.74, 6) is -0.200. The molecule has 1 atom stereocenters. The number of aliphatic carboxylic acids is 1. The van der Waals surface area contributed by atoms with E-state index in [2.05, 4.69) is 41.7 Å². The van der Waals surface area contributed by atoms with E-state index in [-0.39, 0.29) is 6.42 Å². The van der Waals surface area contributed by atoms with E-state index in [0.29, 0.717) is 5.92 Å². The van der Waals surface area contributed by atoms with E-state index in [9.17, 15) is 4.79 Å². The Kier molecular flexibility index (Phi) is 5.99. The maximum Gasteiger partial charge on any atom is 0.303 e. The summed E-state index contributed by atoms with van der Waals surface area (Å²) in [6.07, 6.45) is 5.14. The van der Waals surface area contributed by atoms with Crippen LogP contribution in [0.5, 0.6) is 0 Å². The van der Waals surface area contributed by atoms with Gasteiger partial charge in [0.25, 0.3) is 0 Å². The van der Waals surface area contributed by atoms with Crippen LogP contribution in [0.2, 0.25) is 0 Å². The first-order chi connectivity index (χ1) is 9.54. The molecule has 2 rings (SSSR count). The Labute approximate surface area is 135 Å². The van der Waals surface area contributed by atoms with Gasteiger partial charge in [-0.05, 0) is 69.7 Å². The number of halogens is 2. The van der Waals surface area contributed by atoms with Gasteiger partial charge in [0.15, 0.2) is 0 Å². The van der Waals surface area contributed by atoms with Crippen LogP contribution in [-0.2, 0) is 11.3 Å². The molecule has 1 aliphatic heterocycles. The van der Waals surface area contributed by atoms with Crippen molar-refractivity contribution in [2.45, 2.75) is 32.2 Å². The van der Waals surface area contributed by atoms with Gasteiger partial charge in [0.05, 0.1) is 5.69 Å². The summed E-state index contributed by atoms with van der Waals surface area (Å²) in [7, 11) is 0. The number of carbonyl (C=O) groups is 1. The van der Waals surface area contributed by atoms with E-state index in [0.717, 1.165) is 53.5 Å². The standard InChI is InChI=1S/C14H18Br2N2O2/c15-11-6-12(16)13(17-7-11)9-18-5-1-2-10(8-18)3-4-14(19)20/h6-7,10H,1-5,8-9H2,(H,19,20). The van der Waals surface area contributed by atoms with Crippen molar-refractivity contribution < 1.29 is 9.90 Å². The largest absolute Gasteiger partial charge is 0.481 e. The maximum absolute atomic E-state index is 10.7. The Hall–Kier alpha value is -0.460. The van der Waals surface area contributed by atoms with Gasteiger partial charge in [0, 0.05) is 34.7 Å². The van der Waals surface area contributed by atoms with Crippen molar-refractivity contribution in [2.24, 2.45) is 5.92 Å². The highest BCUT2D eigenvalue weighted by molar-refractivity contribution is 9.11. The number of rotatable bonds is 5. The van der Waals surface area contributed by atoms with E-state index >= 15 is 0 Å². The van der Waals surface area contributed by atoms with E-state index < -0.39 is 5.97 Å². The number of carboxylic acids is 1. The molecule has 0 saturated carbocycles. The van der Waals surface area contributed by atoms with Gasteiger partial charge in [0.2, 0.25) is 0 Å². The van der Waals surface area contributed by atoms with Gasteiger partial charge in [-0.25, -0.2) is 0 Å². The predicted molar refractivity (Wildman–Crippen MR) is 84.5 cm³/mol. The quantitative estimate of drug-likeness (QED) is 0.811. The van der Waals surface area contributed by atoms with Gasteiger partial charge >= 0.3 is 5.97 Å². The van der Waals surface area contributed by atoms with Gasteiger partial charge in [0.1, 0.15) is 0 Å². The minimum Gasteiger partial charge on any atom is -0.481 e. The van der Waals surface area contributed by atoms with Crippen LogP contribution in [-0.4, -0.2) is 34.0 Å². The first kappa shape index (κ1) is 15.9. The van der Waals surface area contributed by atoms with E-state index in [1.807, 2.05) is 12.3 Å². The number of carboxylic acid groups (broad SMARTS) is 1. The molecule has 1 aromatic rings. The smallest absolute Gasteiger partial charge is 0.303 e. The van der Waals surface area contributed by atoms with Crippen molar-refractivity contribution in [1.29, 1.82) is 0 Å². The van der Waals surface area contributed by atoms with Crippen LogP contribution in [0, 0.1) is 5.92 Å². The average Bonchev–Trinajstić information content (AvgIpc) is 2.40. The molecular weight excluding hydrogens is 388 g/mol. The molecule has 4 nitrogen and oxygen atoms in total. The second-order valence-electron chi connectivity index (χ2n) is 5.26. The fourth-order valence-electron chi connectivity index (χ4n) is 2.63. The molecule has 0 spiro atoms. The number of nitrogens with zero attached hydrogens (tertiary/aromatic N) is 2. The lowest BCUT2D eigenvalue weighted by atomic mass is 9.93. The molecule has 0 aromatic carbocycles. The van der Waals surface area contributed by atoms with Crippen LogP contribution in [0.1, 0.15) is 31.4 Å². The van der Waals surface area contributed by atoms with Crippen molar-refractivity contribution in [3.63, 3.8) is 0 Å². The van der Waals surface area contributed by atoms with Gasteiger partial charge in [-0.15, -0.1) is 0 Å². The van der Waals surface area contributed by atoms with Gasteiger partial charge in [-0.3, -0.25) is 14.7 Å². The molecule has 1 N–H and O–H groups in total. The second-order valence-corrected chi connectivity index (χ2v) is 7.03. The van der Waals surface area contributed by atoms with Crippen LogP contribution in [0.4, 0.5) is 0 Å². The van der Waals surface area contributed by atoms with Crippen molar-refractivity contribution in [2.75, 3.05) is 13.1 Å². The van der Waals surface area contributed by atoms with Crippen molar-refractivity contribution in [3.8, 4) is 0 Å². The summed E-state index contributed by atoms with van der Waals surface area (Å²) in [5, 5.41) is 8.77. The van der Waals surface area contributed by atoms with E-state index in [4.69, 9.17) is 5.11 Å². The summed E-state index contributed by atoms with van der Waals surface area (Å²) in [6, 6.07) is 2.01. The fraction of sp³-hybridized carbons (Fsp3) is 0.571. The summed E-state index contributed by atoms with van der Waals surface area (Å²) in [5.41, 5.74) is 1.03. The third kappa shape index (κ3) is 4.82. The zero-order valence-corrected chi connectivity index (χ0v) is 14.4. The minimum atomic E-state index is -0.695. The van der Waals surface area contributed by atoms with Gasteiger partial charge in [-0.2, -0.15) is 0 Å². The summed E-state index contributed by atoms with van der Waals surface area (Å²) < 4.78 is 1.98. The lowest BCUT2D eigenvalue weighted by molar-refractivity contribution is -0.137. The van der Waals surface area contributed by atoms with Crippen LogP contribution >= 0.6 is 31.9 Å². The monoisotopic (exact) mass is 404 g/mol. The topological polar surface area (TPSA) is 53.4 Å². The van der Waals surface area contributed by atoms with E-state index in [1.54, 1.807) is 0 Å². The van der Waals surface area contributed by atoms with Crippen molar-refractivity contribution in [1.82, 2.24) is 9.88 Å². The van der Waals surface area contributed by atoms with E-state index in [1.165, 1.54) is 0 Å². The Morgan fingerprint density at radius 2 is 2.30 bits per heavy atom. The maximum atomic E-state index is 10.7. The molecule has 0 bridgehead atoms. The molecule has 1 aliphatic rings. The van der Waals surface area contributed by atoms with Crippen molar-refractivity contribution >= 4 is 37.8 Å². The predicted octanol–water partition coefficient (Wildman–Crippen LogP) is 3.68. The SMILES string of the molecule is O=C(O)CCC1CCCN(Cc2ncc(Br)cc2Br)C1. The molecule has 0 radical (unpaired) electrons. The van der Waals surface area contributed by atoms with Crippen LogP contribution in [0.3, 0.4) is 0 Å². The molecular formula is C14H18Br2N2O2. The number of aromatic nitrogens is 1. The van der Waals surface area contributed by atoms with Crippen LogP contribution in [0.25, 0.3) is 0 Å². The number of hydrogen-bond donors (Lipinski definition) is 1. The number of piperidine rings is 1. The number of pyridine rings is 1. The molecule has 1 aromatic heterocycles. The molecule has 2 heterocycles. The van der Waals surface area contributed by atoms with Crippen molar-refractivity contribution in [3.05, 3.63) is 26.9 Å². The summed E-state index contributed by atoms with van der Waals surface area (Å²) in [6.45, 7) is 2.85. The summed E-state index contributed by atoms with van der Waals surface area (Å²) >= 11 is 6.95. The molecule has 1 fully saturated rings. The Morgan fingerprint density at radius 3 is 3.00 bits per heavy atom. The second kappa shape index (κ2) is 7.52. The van der Waals surface area contributed by atoms with Gasteiger partial charge < -0.3 is 5.11 Å². The minimum absolute atomic E-state index is 0.277. The zero-order valence-electron chi connectivity index (χ0n) is 11.2. The highest BCUT2D eigenvalue weighted by Crippen LogP contribution is 2.25. The molecule has 6 heteroatoms. The number of likely N-dealkylation sites (tertiary alicyclic amines) is 1. The molecule has 0 aliphatic carbocycles. The Morgan fingerprint density at radius 1 is 1.50 bits per heavy atom. The van der Waals surface area contributed by atoms with Crippen LogP contribution < -0.4 is 0 Å². The Bertz CT molecular complexity index is 482. The molecule has 0 amide bonds. The first-order valence-corrected chi connectivity index (χ1v) is 8.37. The lowest BCUT2D eigenvalue weighted by Crippen LogP contribution is -2.35. The highest BCUT2D eigenvalue weighted by atomic mass is 79.9. The first-order valence-electron chi connectivity index (χ1n) is 6.78. The lowest BCUT2D eigenvalue weighted by Gasteiger charge is -2.32. The van der Waals surface area contributed by atoms with Crippen LogP contribution in [0.15, 0.2) is 21.2 Å². The molecule has 110 valence electrons.